The number of fused-ring (bicyclic) bond motifs is 3. The Bertz CT molecular complexity index is 1070. The average Bonchev–Trinajstić information content (AvgIpc) is 3.19. The molecule has 1 aliphatic carbocycles. The van der Waals surface area contributed by atoms with E-state index in [1.807, 2.05) is 4.57 Å². The average molecular weight is 433 g/mol. The third kappa shape index (κ3) is 3.33. The lowest BCUT2D eigenvalue weighted by atomic mass is 10.1. The predicted molar refractivity (Wildman–Crippen MR) is 106 cm³/mol. The summed E-state index contributed by atoms with van der Waals surface area (Å²) < 4.78 is 39.8. The molecule has 0 radical (unpaired) electrons. The maximum Gasteiger partial charge on any atom is 0.416 e. The molecule has 0 unspecified atom stereocenters. The van der Waals surface area contributed by atoms with Gasteiger partial charge in [-0.15, -0.1) is 0 Å². The van der Waals surface area contributed by atoms with Crippen LogP contribution in [0, 0.1) is 0 Å². The SMILES string of the molecule is C[C@H](Nc1ccc2c(c1)OC1(CC1)Cn1cc(N3C(=O)OC[C@H]3C(F)F)nc1-2)C(N)=O. The zero-order chi connectivity index (χ0) is 21.9. The van der Waals surface area contributed by atoms with Crippen LogP contribution in [0.25, 0.3) is 11.4 Å². The summed E-state index contributed by atoms with van der Waals surface area (Å²) in [5.74, 6) is 0.706. The maximum absolute atomic E-state index is 13.4. The molecular weight excluding hydrogens is 412 g/mol. The van der Waals surface area contributed by atoms with Crippen LogP contribution in [0.1, 0.15) is 19.8 Å². The molecular formula is C20H21F2N5O4. The number of ether oxygens (including phenoxy) is 2. The lowest BCUT2D eigenvalue weighted by Gasteiger charge is -2.19. The lowest BCUT2D eigenvalue weighted by molar-refractivity contribution is -0.118. The number of carbonyl (C=O) groups excluding carboxylic acids is 2. The van der Waals surface area contributed by atoms with E-state index in [1.54, 1.807) is 31.3 Å². The fourth-order valence-electron chi connectivity index (χ4n) is 3.92. The first-order valence-electron chi connectivity index (χ1n) is 9.97. The Morgan fingerprint density at radius 3 is 2.84 bits per heavy atom. The minimum absolute atomic E-state index is 0.121. The van der Waals surface area contributed by atoms with E-state index in [9.17, 15) is 18.4 Å². The summed E-state index contributed by atoms with van der Waals surface area (Å²) in [4.78, 5) is 28.9. The second-order valence-electron chi connectivity index (χ2n) is 8.16. The molecule has 1 saturated heterocycles. The Balaban J connectivity index is 1.55. The summed E-state index contributed by atoms with van der Waals surface area (Å²) >= 11 is 0. The number of anilines is 2. The molecule has 2 aromatic rings. The Hall–Kier alpha value is -3.37. The number of nitrogens with zero attached hydrogens (tertiary/aromatic N) is 3. The van der Waals surface area contributed by atoms with Gasteiger partial charge >= 0.3 is 6.09 Å². The molecule has 2 aliphatic heterocycles. The number of carbonyl (C=O) groups is 2. The van der Waals surface area contributed by atoms with E-state index in [0.717, 1.165) is 17.7 Å². The highest BCUT2D eigenvalue weighted by Crippen LogP contribution is 2.48. The fourth-order valence-corrected chi connectivity index (χ4v) is 3.92. The van der Waals surface area contributed by atoms with Crippen LogP contribution in [-0.4, -0.2) is 52.3 Å². The summed E-state index contributed by atoms with van der Waals surface area (Å²) in [6.45, 7) is 1.76. The molecule has 0 bridgehead atoms. The van der Waals surface area contributed by atoms with Crippen LogP contribution >= 0.6 is 0 Å². The van der Waals surface area contributed by atoms with Gasteiger partial charge in [-0.05, 0) is 31.9 Å². The monoisotopic (exact) mass is 433 g/mol. The summed E-state index contributed by atoms with van der Waals surface area (Å²) in [6.07, 6.45) is -0.326. The number of nitrogens with two attached hydrogens (primary N) is 1. The molecule has 2 atom stereocenters. The van der Waals surface area contributed by atoms with Crippen molar-refractivity contribution in [1.82, 2.24) is 9.55 Å². The van der Waals surface area contributed by atoms with Crippen molar-refractivity contribution in [2.45, 2.75) is 50.4 Å². The van der Waals surface area contributed by atoms with E-state index in [-0.39, 0.29) is 12.4 Å². The second-order valence-corrected chi connectivity index (χ2v) is 8.16. The van der Waals surface area contributed by atoms with E-state index in [2.05, 4.69) is 10.3 Å². The maximum atomic E-state index is 13.4. The van der Waals surface area contributed by atoms with Crippen molar-refractivity contribution >= 4 is 23.5 Å². The zero-order valence-electron chi connectivity index (χ0n) is 16.7. The standard InChI is InChI=1S/C20H21F2N5O4/c1-10(17(23)28)24-11-2-3-12-14(6-11)31-20(4-5-20)9-26-7-15(25-18(12)26)27-13(16(21)22)8-30-19(27)29/h2-3,6-7,10,13,16,24H,4-5,8-9H2,1H3,(H2,23,28)/t10-,13-/m0/s1. The largest absolute Gasteiger partial charge is 0.485 e. The first-order valence-corrected chi connectivity index (χ1v) is 9.97. The van der Waals surface area contributed by atoms with Gasteiger partial charge in [0.1, 0.15) is 35.9 Å². The highest BCUT2D eigenvalue weighted by molar-refractivity contribution is 5.90. The number of rotatable bonds is 5. The van der Waals surface area contributed by atoms with Gasteiger partial charge in [0.15, 0.2) is 5.82 Å². The van der Waals surface area contributed by atoms with Crippen molar-refractivity contribution in [3.8, 4) is 17.1 Å². The number of halogens is 2. The molecule has 1 aromatic carbocycles. The third-order valence-corrected chi connectivity index (χ3v) is 5.83. The van der Waals surface area contributed by atoms with Crippen molar-refractivity contribution in [3.05, 3.63) is 24.4 Å². The van der Waals surface area contributed by atoms with Crippen LogP contribution in [0.15, 0.2) is 24.4 Å². The van der Waals surface area contributed by atoms with Gasteiger partial charge in [-0.25, -0.2) is 23.5 Å². The number of imidazole rings is 1. The van der Waals surface area contributed by atoms with Crippen molar-refractivity contribution in [2.75, 3.05) is 16.8 Å². The molecule has 3 N–H and O–H groups in total. The molecule has 1 saturated carbocycles. The van der Waals surface area contributed by atoms with Crippen molar-refractivity contribution in [1.29, 1.82) is 0 Å². The number of nitrogens with one attached hydrogen (secondary N) is 1. The molecule has 31 heavy (non-hydrogen) atoms. The van der Waals surface area contributed by atoms with Gasteiger partial charge in [-0.1, -0.05) is 0 Å². The van der Waals surface area contributed by atoms with E-state index < -0.39 is 36.1 Å². The number of alkyl halides is 2. The first kappa shape index (κ1) is 19.6. The molecule has 2 fully saturated rings. The molecule has 3 aliphatic rings. The predicted octanol–water partition coefficient (Wildman–Crippen LogP) is 2.35. The molecule has 164 valence electrons. The first-order chi connectivity index (χ1) is 14.8. The van der Waals surface area contributed by atoms with Crippen LogP contribution in [0.3, 0.4) is 0 Å². The topological polar surface area (TPSA) is 112 Å². The Morgan fingerprint density at radius 1 is 1.39 bits per heavy atom. The molecule has 1 spiro atoms. The van der Waals surface area contributed by atoms with Crippen molar-refractivity contribution in [3.63, 3.8) is 0 Å². The van der Waals surface area contributed by atoms with E-state index in [1.165, 1.54) is 0 Å². The third-order valence-electron chi connectivity index (χ3n) is 5.83. The molecule has 2 amide bonds. The van der Waals surface area contributed by atoms with Gasteiger partial charge in [0, 0.05) is 18.0 Å². The number of hydrogen-bond acceptors (Lipinski definition) is 6. The smallest absolute Gasteiger partial charge is 0.416 e. The van der Waals surface area contributed by atoms with Crippen LogP contribution in [0.5, 0.6) is 5.75 Å². The molecule has 1 aromatic heterocycles. The molecule has 3 heterocycles. The Kier molecular flexibility index (Phi) is 4.31. The van der Waals surface area contributed by atoms with E-state index >= 15 is 0 Å². The van der Waals surface area contributed by atoms with Crippen LogP contribution in [0.2, 0.25) is 0 Å². The van der Waals surface area contributed by atoms with Crippen molar-refractivity contribution < 1.29 is 27.8 Å². The van der Waals surface area contributed by atoms with Gasteiger partial charge in [0.05, 0.1) is 12.1 Å². The quantitative estimate of drug-likeness (QED) is 0.749. The van der Waals surface area contributed by atoms with E-state index in [0.29, 0.717) is 29.4 Å². The van der Waals surface area contributed by atoms with E-state index in [4.69, 9.17) is 15.2 Å². The summed E-state index contributed by atoms with van der Waals surface area (Å²) in [7, 11) is 0. The fraction of sp³-hybridized carbons (Fsp3) is 0.450. The van der Waals surface area contributed by atoms with Gasteiger partial charge in [-0.2, -0.15) is 0 Å². The number of amides is 2. The molecule has 5 rings (SSSR count). The minimum Gasteiger partial charge on any atom is -0.485 e. The minimum atomic E-state index is -2.75. The van der Waals surface area contributed by atoms with Gasteiger partial charge in [-0.3, -0.25) is 4.79 Å². The molecule has 9 nitrogen and oxygen atoms in total. The second kappa shape index (κ2) is 6.82. The van der Waals surface area contributed by atoms with Crippen LogP contribution in [-0.2, 0) is 16.1 Å². The highest BCUT2D eigenvalue weighted by atomic mass is 19.3. The zero-order valence-corrected chi connectivity index (χ0v) is 16.7. The number of cyclic esters (lactones) is 1. The van der Waals surface area contributed by atoms with Crippen molar-refractivity contribution in [2.24, 2.45) is 5.73 Å². The summed E-state index contributed by atoms with van der Waals surface area (Å²) in [5, 5.41) is 3.02. The Labute approximate surface area is 176 Å². The summed E-state index contributed by atoms with van der Waals surface area (Å²) in [6, 6.07) is 3.36. The highest BCUT2D eigenvalue weighted by Gasteiger charge is 2.49. The lowest BCUT2D eigenvalue weighted by Crippen LogP contribution is -2.39. The number of aromatic nitrogens is 2. The Morgan fingerprint density at radius 2 is 2.16 bits per heavy atom. The normalized spacial score (nSPS) is 21.7. The van der Waals surface area contributed by atoms with Gasteiger partial charge in [0.2, 0.25) is 5.91 Å². The van der Waals surface area contributed by atoms with Gasteiger partial charge < -0.3 is 25.1 Å². The number of primary amides is 1. The number of benzene rings is 1. The van der Waals surface area contributed by atoms with Gasteiger partial charge in [0.25, 0.3) is 6.43 Å². The summed E-state index contributed by atoms with van der Waals surface area (Å²) in [5.41, 5.74) is 6.23. The van der Waals surface area contributed by atoms with Crippen LogP contribution in [0.4, 0.5) is 25.1 Å². The van der Waals surface area contributed by atoms with Crippen LogP contribution < -0.4 is 20.7 Å². The number of hydrogen-bond donors (Lipinski definition) is 2. The molecule has 11 heteroatoms.